The molecule has 1 aromatic carbocycles. The highest BCUT2D eigenvalue weighted by molar-refractivity contribution is 9.10. The van der Waals surface area contributed by atoms with Gasteiger partial charge in [-0.3, -0.25) is 0 Å². The number of aryl methyl sites for hydroxylation is 1. The molecule has 2 aromatic rings. The summed E-state index contributed by atoms with van der Waals surface area (Å²) < 4.78 is 14.4. The minimum Gasteiger partial charge on any atom is -0.357 e. The van der Waals surface area contributed by atoms with E-state index in [0.29, 0.717) is 21.9 Å². The summed E-state index contributed by atoms with van der Waals surface area (Å²) >= 11 is 3.21. The number of nitrogens with zero attached hydrogens (tertiary/aromatic N) is 2. The van der Waals surface area contributed by atoms with Gasteiger partial charge in [-0.1, -0.05) is 15.9 Å². The number of hydrogen-bond donors (Lipinski definition) is 2. The molecule has 0 saturated heterocycles. The lowest BCUT2D eigenvalue weighted by atomic mass is 10.3. The van der Waals surface area contributed by atoms with Crippen molar-refractivity contribution in [3.05, 3.63) is 40.2 Å². The van der Waals surface area contributed by atoms with Crippen molar-refractivity contribution in [3.8, 4) is 0 Å². The fourth-order valence-electron chi connectivity index (χ4n) is 1.47. The van der Waals surface area contributed by atoms with Crippen LogP contribution in [0.25, 0.3) is 0 Å². The van der Waals surface area contributed by atoms with E-state index in [4.69, 9.17) is 0 Å². The van der Waals surface area contributed by atoms with Crippen molar-refractivity contribution in [1.82, 2.24) is 9.97 Å². The molecule has 0 bridgehead atoms. The van der Waals surface area contributed by atoms with Gasteiger partial charge in [0.15, 0.2) is 0 Å². The molecule has 94 valence electrons. The van der Waals surface area contributed by atoms with E-state index < -0.39 is 0 Å². The van der Waals surface area contributed by atoms with Crippen LogP contribution >= 0.6 is 15.9 Å². The number of rotatable bonds is 3. The molecule has 6 heteroatoms. The maximum Gasteiger partial charge on any atom is 0.224 e. The number of aromatic nitrogens is 2. The molecule has 18 heavy (non-hydrogen) atoms. The molecule has 1 heterocycles. The first-order valence-corrected chi connectivity index (χ1v) is 6.13. The first-order valence-electron chi connectivity index (χ1n) is 5.34. The van der Waals surface area contributed by atoms with Crippen LogP contribution in [-0.4, -0.2) is 17.0 Å². The summed E-state index contributed by atoms with van der Waals surface area (Å²) in [4.78, 5) is 8.37. The van der Waals surface area contributed by atoms with E-state index in [0.717, 1.165) is 5.69 Å². The summed E-state index contributed by atoms with van der Waals surface area (Å²) in [7, 11) is 1.73. The molecule has 0 aliphatic rings. The highest BCUT2D eigenvalue weighted by atomic mass is 79.9. The van der Waals surface area contributed by atoms with Crippen molar-refractivity contribution in [2.75, 3.05) is 17.7 Å². The lowest BCUT2D eigenvalue weighted by molar-refractivity contribution is 0.631. The number of halogens is 2. The Morgan fingerprint density at radius 2 is 2.00 bits per heavy atom. The second-order valence-corrected chi connectivity index (χ2v) is 4.63. The first-order chi connectivity index (χ1) is 8.58. The summed E-state index contributed by atoms with van der Waals surface area (Å²) in [6.07, 6.45) is 0. The quantitative estimate of drug-likeness (QED) is 0.911. The minimum atomic E-state index is -0.341. The zero-order valence-electron chi connectivity index (χ0n) is 9.96. The number of nitrogens with one attached hydrogen (secondary N) is 2. The standard InChI is InChI=1S/C12H12BrFN4/c1-7-5-11(18-12(15-2)16-7)17-10-4-3-8(13)6-9(10)14/h3-6H,1-2H3,(H2,15,16,17,18). The van der Waals surface area contributed by atoms with Crippen LogP contribution in [0.2, 0.25) is 0 Å². The Morgan fingerprint density at radius 1 is 1.22 bits per heavy atom. The average Bonchev–Trinajstić information content (AvgIpc) is 2.32. The van der Waals surface area contributed by atoms with Crippen molar-refractivity contribution in [2.24, 2.45) is 0 Å². The van der Waals surface area contributed by atoms with Crippen LogP contribution in [0.4, 0.5) is 21.8 Å². The zero-order chi connectivity index (χ0) is 13.1. The van der Waals surface area contributed by atoms with Crippen LogP contribution in [0.1, 0.15) is 5.69 Å². The predicted octanol–water partition coefficient (Wildman–Crippen LogP) is 3.47. The van der Waals surface area contributed by atoms with Gasteiger partial charge in [0, 0.05) is 23.3 Å². The smallest absolute Gasteiger partial charge is 0.224 e. The fourth-order valence-corrected chi connectivity index (χ4v) is 1.81. The second-order valence-electron chi connectivity index (χ2n) is 3.72. The molecule has 0 unspecified atom stereocenters. The Labute approximate surface area is 113 Å². The summed E-state index contributed by atoms with van der Waals surface area (Å²) in [5.41, 5.74) is 1.17. The third-order valence-corrected chi connectivity index (χ3v) is 2.76. The molecule has 0 atom stereocenters. The molecule has 2 N–H and O–H groups in total. The highest BCUT2D eigenvalue weighted by Gasteiger charge is 2.05. The molecular weight excluding hydrogens is 299 g/mol. The topological polar surface area (TPSA) is 49.8 Å². The van der Waals surface area contributed by atoms with E-state index in [2.05, 4.69) is 36.5 Å². The fraction of sp³-hybridized carbons (Fsp3) is 0.167. The summed E-state index contributed by atoms with van der Waals surface area (Å²) in [5, 5.41) is 5.78. The van der Waals surface area contributed by atoms with Gasteiger partial charge in [-0.2, -0.15) is 4.98 Å². The van der Waals surface area contributed by atoms with Crippen molar-refractivity contribution in [1.29, 1.82) is 0 Å². The van der Waals surface area contributed by atoms with Crippen LogP contribution in [0.15, 0.2) is 28.7 Å². The highest BCUT2D eigenvalue weighted by Crippen LogP contribution is 2.22. The van der Waals surface area contributed by atoms with Crippen LogP contribution in [-0.2, 0) is 0 Å². The number of benzene rings is 1. The van der Waals surface area contributed by atoms with E-state index >= 15 is 0 Å². The van der Waals surface area contributed by atoms with E-state index in [9.17, 15) is 4.39 Å². The monoisotopic (exact) mass is 310 g/mol. The molecule has 0 radical (unpaired) electrons. The lowest BCUT2D eigenvalue weighted by Gasteiger charge is -2.09. The van der Waals surface area contributed by atoms with Crippen molar-refractivity contribution < 1.29 is 4.39 Å². The Hall–Kier alpha value is -1.69. The molecule has 0 fully saturated rings. The molecular formula is C12H12BrFN4. The predicted molar refractivity (Wildman–Crippen MR) is 73.7 cm³/mol. The van der Waals surface area contributed by atoms with Gasteiger partial charge in [0.1, 0.15) is 11.6 Å². The summed E-state index contributed by atoms with van der Waals surface area (Å²) in [6.45, 7) is 1.85. The van der Waals surface area contributed by atoms with E-state index in [1.54, 1.807) is 25.2 Å². The van der Waals surface area contributed by atoms with Gasteiger partial charge in [-0.05, 0) is 25.1 Å². The van der Waals surface area contributed by atoms with Crippen molar-refractivity contribution in [3.63, 3.8) is 0 Å². The molecule has 0 aliphatic carbocycles. The van der Waals surface area contributed by atoms with Crippen LogP contribution < -0.4 is 10.6 Å². The SMILES string of the molecule is CNc1nc(C)cc(Nc2ccc(Br)cc2F)n1. The summed E-state index contributed by atoms with van der Waals surface area (Å²) in [5.74, 6) is 0.703. The number of hydrogen-bond acceptors (Lipinski definition) is 4. The van der Waals surface area contributed by atoms with Gasteiger partial charge >= 0.3 is 0 Å². The van der Waals surface area contributed by atoms with E-state index in [1.165, 1.54) is 6.07 Å². The Kier molecular flexibility index (Phi) is 3.76. The second kappa shape index (κ2) is 5.30. The van der Waals surface area contributed by atoms with Crippen LogP contribution in [0.5, 0.6) is 0 Å². The molecule has 0 aliphatic heterocycles. The van der Waals surface area contributed by atoms with Gasteiger partial charge < -0.3 is 10.6 Å². The molecule has 2 rings (SSSR count). The molecule has 0 saturated carbocycles. The molecule has 0 amide bonds. The Balaban J connectivity index is 2.30. The van der Waals surface area contributed by atoms with Gasteiger partial charge in [-0.15, -0.1) is 0 Å². The number of anilines is 3. The van der Waals surface area contributed by atoms with Crippen molar-refractivity contribution >= 4 is 33.4 Å². The van der Waals surface area contributed by atoms with Crippen LogP contribution in [0.3, 0.4) is 0 Å². The van der Waals surface area contributed by atoms with Gasteiger partial charge in [-0.25, -0.2) is 9.37 Å². The summed E-state index contributed by atoms with van der Waals surface area (Å²) in [6, 6.07) is 6.56. The maximum absolute atomic E-state index is 13.7. The Morgan fingerprint density at radius 3 is 2.67 bits per heavy atom. The molecule has 1 aromatic heterocycles. The third kappa shape index (κ3) is 2.95. The third-order valence-electron chi connectivity index (χ3n) is 2.27. The van der Waals surface area contributed by atoms with E-state index in [1.807, 2.05) is 6.92 Å². The molecule has 0 spiro atoms. The first kappa shape index (κ1) is 12.8. The lowest BCUT2D eigenvalue weighted by Crippen LogP contribution is -2.02. The van der Waals surface area contributed by atoms with Crippen LogP contribution in [0, 0.1) is 12.7 Å². The van der Waals surface area contributed by atoms with Gasteiger partial charge in [0.05, 0.1) is 5.69 Å². The van der Waals surface area contributed by atoms with E-state index in [-0.39, 0.29) is 5.82 Å². The minimum absolute atomic E-state index is 0.341. The van der Waals surface area contributed by atoms with Gasteiger partial charge in [0.2, 0.25) is 5.95 Å². The Bertz CT molecular complexity index is 574. The maximum atomic E-state index is 13.7. The largest absolute Gasteiger partial charge is 0.357 e. The molecule has 4 nitrogen and oxygen atoms in total. The van der Waals surface area contributed by atoms with Crippen molar-refractivity contribution in [2.45, 2.75) is 6.92 Å². The average molecular weight is 311 g/mol. The normalized spacial score (nSPS) is 10.2. The zero-order valence-corrected chi connectivity index (χ0v) is 11.5. The van der Waals surface area contributed by atoms with Gasteiger partial charge in [0.25, 0.3) is 0 Å².